The molecule has 2 aromatic heterocycles. The Balaban J connectivity index is 2.34. The molecule has 0 fully saturated rings. The lowest BCUT2D eigenvalue weighted by atomic mass is 10.1. The minimum absolute atomic E-state index is 0.862. The van der Waals surface area contributed by atoms with E-state index in [2.05, 4.69) is 21.2 Å². The molecule has 4 nitrogen and oxygen atoms in total. The Hall–Kier alpha value is -2.23. The number of rotatable bonds is 1. The number of benzene rings is 1. The standard InChI is InChI=1S/C13H12N4/c1-9-6-7-10-11(4-3-5-12(10)15-9)13-16-14-8-17(13)2/h3-8H,1-2H3. The normalized spacial score (nSPS) is 10.9. The minimum Gasteiger partial charge on any atom is -0.317 e. The lowest BCUT2D eigenvalue weighted by Crippen LogP contribution is -1.93. The summed E-state index contributed by atoms with van der Waals surface area (Å²) in [6.45, 7) is 1.99. The third kappa shape index (κ3) is 1.58. The van der Waals surface area contributed by atoms with Crippen molar-refractivity contribution >= 4 is 10.9 Å². The molecule has 0 saturated carbocycles. The van der Waals surface area contributed by atoms with Gasteiger partial charge in [0.1, 0.15) is 6.33 Å². The quantitative estimate of drug-likeness (QED) is 0.637. The lowest BCUT2D eigenvalue weighted by molar-refractivity contribution is 0.921. The van der Waals surface area contributed by atoms with Crippen molar-refractivity contribution in [1.29, 1.82) is 0 Å². The summed E-state index contributed by atoms with van der Waals surface area (Å²) in [6, 6.07) is 10.2. The first-order valence-corrected chi connectivity index (χ1v) is 5.46. The average Bonchev–Trinajstić information content (AvgIpc) is 2.74. The smallest absolute Gasteiger partial charge is 0.164 e. The van der Waals surface area contributed by atoms with Crippen LogP contribution in [-0.4, -0.2) is 19.7 Å². The molecule has 1 aromatic carbocycles. The second kappa shape index (κ2) is 3.66. The van der Waals surface area contributed by atoms with Crippen molar-refractivity contribution in [3.63, 3.8) is 0 Å². The molecule has 4 heteroatoms. The molecule has 2 heterocycles. The van der Waals surface area contributed by atoms with Gasteiger partial charge in [-0.3, -0.25) is 4.98 Å². The summed E-state index contributed by atoms with van der Waals surface area (Å²) in [5, 5.41) is 9.16. The highest BCUT2D eigenvalue weighted by molar-refractivity contribution is 5.92. The first-order valence-electron chi connectivity index (χ1n) is 5.46. The van der Waals surface area contributed by atoms with E-state index in [0.29, 0.717) is 0 Å². The fraction of sp³-hybridized carbons (Fsp3) is 0.154. The number of aromatic nitrogens is 4. The van der Waals surface area contributed by atoms with Crippen molar-refractivity contribution in [2.45, 2.75) is 6.92 Å². The molecule has 0 aliphatic heterocycles. The van der Waals surface area contributed by atoms with Gasteiger partial charge in [0, 0.05) is 23.7 Å². The van der Waals surface area contributed by atoms with Gasteiger partial charge in [0.05, 0.1) is 5.52 Å². The molecule has 3 aromatic rings. The van der Waals surface area contributed by atoms with Gasteiger partial charge in [-0.05, 0) is 19.1 Å². The second-order valence-corrected chi connectivity index (χ2v) is 4.09. The van der Waals surface area contributed by atoms with Gasteiger partial charge in [-0.15, -0.1) is 10.2 Å². The molecule has 0 amide bonds. The number of hydrogen-bond donors (Lipinski definition) is 0. The molecule has 0 N–H and O–H groups in total. The van der Waals surface area contributed by atoms with Gasteiger partial charge in [-0.25, -0.2) is 0 Å². The van der Waals surface area contributed by atoms with Crippen LogP contribution in [0.25, 0.3) is 22.3 Å². The Morgan fingerprint density at radius 3 is 2.76 bits per heavy atom. The number of pyridine rings is 1. The molecule has 0 saturated heterocycles. The number of aryl methyl sites for hydroxylation is 2. The summed E-state index contributed by atoms with van der Waals surface area (Å²) < 4.78 is 1.91. The van der Waals surface area contributed by atoms with Crippen LogP contribution in [0.4, 0.5) is 0 Å². The molecule has 0 aliphatic rings. The van der Waals surface area contributed by atoms with Gasteiger partial charge < -0.3 is 4.57 Å². The van der Waals surface area contributed by atoms with Crippen LogP contribution in [0.15, 0.2) is 36.7 Å². The number of nitrogens with zero attached hydrogens (tertiary/aromatic N) is 4. The third-order valence-corrected chi connectivity index (χ3v) is 2.82. The van der Waals surface area contributed by atoms with E-state index in [4.69, 9.17) is 0 Å². The van der Waals surface area contributed by atoms with E-state index in [9.17, 15) is 0 Å². The maximum atomic E-state index is 4.52. The first kappa shape index (κ1) is 9.96. The van der Waals surface area contributed by atoms with Gasteiger partial charge in [0.15, 0.2) is 5.82 Å². The molecular formula is C13H12N4. The summed E-state index contributed by atoms with van der Waals surface area (Å²) in [4.78, 5) is 4.52. The van der Waals surface area contributed by atoms with Crippen molar-refractivity contribution in [3.05, 3.63) is 42.4 Å². The molecule has 0 unspecified atom stereocenters. The van der Waals surface area contributed by atoms with Gasteiger partial charge in [0.2, 0.25) is 0 Å². The highest BCUT2D eigenvalue weighted by Gasteiger charge is 2.08. The van der Waals surface area contributed by atoms with Crippen LogP contribution in [-0.2, 0) is 7.05 Å². The molecular weight excluding hydrogens is 212 g/mol. The maximum absolute atomic E-state index is 4.52. The zero-order valence-electron chi connectivity index (χ0n) is 9.75. The van der Waals surface area contributed by atoms with Crippen molar-refractivity contribution in [1.82, 2.24) is 19.7 Å². The van der Waals surface area contributed by atoms with Crippen molar-refractivity contribution in [3.8, 4) is 11.4 Å². The summed E-state index contributed by atoms with van der Waals surface area (Å²) in [6.07, 6.45) is 1.70. The fourth-order valence-corrected chi connectivity index (χ4v) is 1.98. The number of fused-ring (bicyclic) bond motifs is 1. The zero-order chi connectivity index (χ0) is 11.8. The van der Waals surface area contributed by atoms with E-state index in [1.54, 1.807) is 6.33 Å². The molecule has 0 aliphatic carbocycles. The highest BCUT2D eigenvalue weighted by atomic mass is 15.2. The van der Waals surface area contributed by atoms with Gasteiger partial charge in [-0.1, -0.05) is 18.2 Å². The largest absolute Gasteiger partial charge is 0.317 e. The Morgan fingerprint density at radius 2 is 2.00 bits per heavy atom. The zero-order valence-corrected chi connectivity index (χ0v) is 9.75. The molecule has 0 atom stereocenters. The molecule has 17 heavy (non-hydrogen) atoms. The van der Waals surface area contributed by atoms with Crippen molar-refractivity contribution in [2.75, 3.05) is 0 Å². The Morgan fingerprint density at radius 1 is 1.12 bits per heavy atom. The topological polar surface area (TPSA) is 43.6 Å². The predicted octanol–water partition coefficient (Wildman–Crippen LogP) is 2.34. The Kier molecular flexibility index (Phi) is 2.14. The van der Waals surface area contributed by atoms with Crippen LogP contribution in [0.3, 0.4) is 0 Å². The van der Waals surface area contributed by atoms with E-state index < -0.39 is 0 Å². The average molecular weight is 224 g/mol. The van der Waals surface area contributed by atoms with Crippen LogP contribution >= 0.6 is 0 Å². The van der Waals surface area contributed by atoms with E-state index >= 15 is 0 Å². The Labute approximate surface area is 98.9 Å². The van der Waals surface area contributed by atoms with Crippen LogP contribution in [0.5, 0.6) is 0 Å². The van der Waals surface area contributed by atoms with Gasteiger partial charge >= 0.3 is 0 Å². The molecule has 0 radical (unpaired) electrons. The SMILES string of the molecule is Cc1ccc2c(-c3nncn3C)cccc2n1. The van der Waals surface area contributed by atoms with E-state index in [0.717, 1.165) is 28.0 Å². The monoisotopic (exact) mass is 224 g/mol. The molecule has 0 spiro atoms. The van der Waals surface area contributed by atoms with E-state index in [1.165, 1.54) is 0 Å². The van der Waals surface area contributed by atoms with Gasteiger partial charge in [-0.2, -0.15) is 0 Å². The summed E-state index contributed by atoms with van der Waals surface area (Å²) in [5.41, 5.74) is 3.08. The Bertz CT molecular complexity index is 685. The van der Waals surface area contributed by atoms with E-state index in [-0.39, 0.29) is 0 Å². The third-order valence-electron chi connectivity index (χ3n) is 2.82. The van der Waals surface area contributed by atoms with Gasteiger partial charge in [0.25, 0.3) is 0 Å². The summed E-state index contributed by atoms with van der Waals surface area (Å²) in [5.74, 6) is 0.862. The summed E-state index contributed by atoms with van der Waals surface area (Å²) >= 11 is 0. The maximum Gasteiger partial charge on any atom is 0.164 e. The van der Waals surface area contributed by atoms with Crippen LogP contribution in [0.1, 0.15) is 5.69 Å². The predicted molar refractivity (Wildman–Crippen MR) is 66.5 cm³/mol. The van der Waals surface area contributed by atoms with Crippen LogP contribution in [0.2, 0.25) is 0 Å². The lowest BCUT2D eigenvalue weighted by Gasteiger charge is -2.05. The summed E-state index contributed by atoms with van der Waals surface area (Å²) in [7, 11) is 1.94. The number of hydrogen-bond acceptors (Lipinski definition) is 3. The van der Waals surface area contributed by atoms with Crippen LogP contribution < -0.4 is 0 Å². The molecule has 3 rings (SSSR count). The van der Waals surface area contributed by atoms with E-state index in [1.807, 2.05) is 42.8 Å². The fourth-order valence-electron chi connectivity index (χ4n) is 1.98. The minimum atomic E-state index is 0.862. The highest BCUT2D eigenvalue weighted by Crippen LogP contribution is 2.25. The molecule has 0 bridgehead atoms. The molecule has 84 valence electrons. The second-order valence-electron chi connectivity index (χ2n) is 4.09. The van der Waals surface area contributed by atoms with Crippen molar-refractivity contribution < 1.29 is 0 Å². The first-order chi connectivity index (χ1) is 8.25. The van der Waals surface area contributed by atoms with Crippen molar-refractivity contribution in [2.24, 2.45) is 7.05 Å². The van der Waals surface area contributed by atoms with Crippen LogP contribution in [0, 0.1) is 6.92 Å².